The van der Waals surface area contributed by atoms with E-state index >= 15 is 0 Å². The zero-order valence-electron chi connectivity index (χ0n) is 13.4. The average molecular weight is 326 g/mol. The molecule has 2 N–H and O–H groups in total. The van der Waals surface area contributed by atoms with Crippen LogP contribution in [0.15, 0.2) is 23.1 Å². The summed E-state index contributed by atoms with van der Waals surface area (Å²) >= 11 is 0. The summed E-state index contributed by atoms with van der Waals surface area (Å²) in [5.41, 5.74) is 1.83. The second-order valence-electron chi connectivity index (χ2n) is 6.09. The Balaban J connectivity index is 1.80. The molecular weight excluding hydrogens is 300 g/mol. The van der Waals surface area contributed by atoms with Gasteiger partial charge in [0, 0.05) is 19.6 Å². The van der Waals surface area contributed by atoms with Gasteiger partial charge in [-0.25, -0.2) is 13.1 Å². The molecule has 1 fully saturated rings. The molecule has 5 nitrogen and oxygen atoms in total. The van der Waals surface area contributed by atoms with Crippen molar-refractivity contribution in [3.8, 4) is 0 Å². The molecule has 1 aliphatic heterocycles. The molecule has 2 rings (SSSR count). The molecule has 1 aromatic rings. The Kier molecular flexibility index (Phi) is 5.97. The summed E-state index contributed by atoms with van der Waals surface area (Å²) in [5, 5.41) is 9.46. The summed E-state index contributed by atoms with van der Waals surface area (Å²) in [4.78, 5) is 2.64. The standard InChI is InChI=1S/C16H26N2O3S/c1-13-4-5-16(14(2)12-13)22(20,21)17-8-3-9-18-10-6-15(19)7-11-18/h4-5,12,15,17,19H,3,6-11H2,1-2H3. The van der Waals surface area contributed by atoms with E-state index < -0.39 is 10.0 Å². The normalized spacial score (nSPS) is 17.8. The van der Waals surface area contributed by atoms with Gasteiger partial charge in [-0.2, -0.15) is 0 Å². The number of sulfonamides is 1. The lowest BCUT2D eigenvalue weighted by Gasteiger charge is -2.29. The summed E-state index contributed by atoms with van der Waals surface area (Å²) in [6.45, 7) is 6.86. The van der Waals surface area contributed by atoms with E-state index in [0.29, 0.717) is 11.4 Å². The van der Waals surface area contributed by atoms with Gasteiger partial charge in [0.05, 0.1) is 11.0 Å². The lowest BCUT2D eigenvalue weighted by Crippen LogP contribution is -2.37. The fourth-order valence-corrected chi connectivity index (χ4v) is 4.13. The van der Waals surface area contributed by atoms with Crippen molar-refractivity contribution < 1.29 is 13.5 Å². The molecule has 0 unspecified atom stereocenters. The van der Waals surface area contributed by atoms with Crippen molar-refractivity contribution >= 4 is 10.0 Å². The van der Waals surface area contributed by atoms with Gasteiger partial charge in [0.25, 0.3) is 0 Å². The van der Waals surface area contributed by atoms with E-state index in [-0.39, 0.29) is 6.10 Å². The number of likely N-dealkylation sites (tertiary alicyclic amines) is 1. The predicted octanol–water partition coefficient (Wildman–Crippen LogP) is 1.43. The zero-order chi connectivity index (χ0) is 16.2. The summed E-state index contributed by atoms with van der Waals surface area (Å²) in [6, 6.07) is 5.37. The van der Waals surface area contributed by atoms with Gasteiger partial charge in [-0.05, 0) is 51.3 Å². The maximum atomic E-state index is 12.3. The van der Waals surface area contributed by atoms with E-state index in [4.69, 9.17) is 0 Å². The molecule has 0 amide bonds. The van der Waals surface area contributed by atoms with Crippen LogP contribution in [0.2, 0.25) is 0 Å². The van der Waals surface area contributed by atoms with E-state index in [9.17, 15) is 13.5 Å². The van der Waals surface area contributed by atoms with Gasteiger partial charge in [-0.15, -0.1) is 0 Å². The van der Waals surface area contributed by atoms with Crippen molar-refractivity contribution in [2.75, 3.05) is 26.2 Å². The number of hydrogen-bond acceptors (Lipinski definition) is 4. The first-order chi connectivity index (χ1) is 10.4. The van der Waals surface area contributed by atoms with Crippen LogP contribution in [0, 0.1) is 13.8 Å². The number of piperidine rings is 1. The molecule has 22 heavy (non-hydrogen) atoms. The molecule has 0 radical (unpaired) electrons. The lowest BCUT2D eigenvalue weighted by atomic mass is 10.1. The summed E-state index contributed by atoms with van der Waals surface area (Å²) in [5.74, 6) is 0. The minimum absolute atomic E-state index is 0.167. The number of aliphatic hydroxyl groups excluding tert-OH is 1. The van der Waals surface area contributed by atoms with Crippen LogP contribution in [0.5, 0.6) is 0 Å². The van der Waals surface area contributed by atoms with Crippen molar-refractivity contribution in [2.45, 2.75) is 44.1 Å². The van der Waals surface area contributed by atoms with Gasteiger partial charge < -0.3 is 10.0 Å². The average Bonchev–Trinajstić information content (AvgIpc) is 2.45. The largest absolute Gasteiger partial charge is 0.393 e. The minimum atomic E-state index is -3.43. The highest BCUT2D eigenvalue weighted by molar-refractivity contribution is 7.89. The molecule has 6 heteroatoms. The minimum Gasteiger partial charge on any atom is -0.393 e. The highest BCUT2D eigenvalue weighted by Gasteiger charge is 2.18. The zero-order valence-corrected chi connectivity index (χ0v) is 14.2. The molecule has 1 aliphatic rings. The first-order valence-electron chi connectivity index (χ1n) is 7.86. The highest BCUT2D eigenvalue weighted by atomic mass is 32.2. The quantitative estimate of drug-likeness (QED) is 0.776. The van der Waals surface area contributed by atoms with Crippen LogP contribution in [0.3, 0.4) is 0 Å². The lowest BCUT2D eigenvalue weighted by molar-refractivity contribution is 0.0823. The molecule has 0 aliphatic carbocycles. The number of aliphatic hydroxyl groups is 1. The summed E-state index contributed by atoms with van der Waals surface area (Å²) in [7, 11) is -3.43. The topological polar surface area (TPSA) is 69.6 Å². The smallest absolute Gasteiger partial charge is 0.240 e. The molecule has 124 valence electrons. The maximum absolute atomic E-state index is 12.3. The van der Waals surface area contributed by atoms with Crippen LogP contribution in [0.1, 0.15) is 30.4 Å². The molecule has 0 atom stereocenters. The van der Waals surface area contributed by atoms with E-state index in [1.807, 2.05) is 26.0 Å². The SMILES string of the molecule is Cc1ccc(S(=O)(=O)NCCCN2CCC(O)CC2)c(C)c1. The number of aryl methyl sites for hydroxylation is 2. The Morgan fingerprint density at radius 1 is 1.27 bits per heavy atom. The molecule has 1 heterocycles. The number of benzene rings is 1. The number of rotatable bonds is 6. The van der Waals surface area contributed by atoms with Crippen molar-refractivity contribution in [2.24, 2.45) is 0 Å². The van der Waals surface area contributed by atoms with Crippen molar-refractivity contribution in [1.82, 2.24) is 9.62 Å². The molecule has 0 spiro atoms. The van der Waals surface area contributed by atoms with Crippen LogP contribution >= 0.6 is 0 Å². The molecule has 1 aromatic carbocycles. The number of nitrogens with one attached hydrogen (secondary N) is 1. The van der Waals surface area contributed by atoms with E-state index in [1.165, 1.54) is 0 Å². The van der Waals surface area contributed by atoms with E-state index in [0.717, 1.165) is 50.0 Å². The Hall–Kier alpha value is -0.950. The number of nitrogens with zero attached hydrogens (tertiary/aromatic N) is 1. The molecular formula is C16H26N2O3S. The Bertz CT molecular complexity index is 593. The van der Waals surface area contributed by atoms with Crippen LogP contribution in [0.4, 0.5) is 0 Å². The van der Waals surface area contributed by atoms with Crippen LogP contribution in [-0.2, 0) is 10.0 Å². The van der Waals surface area contributed by atoms with Crippen molar-refractivity contribution in [3.63, 3.8) is 0 Å². The molecule has 0 bridgehead atoms. The Morgan fingerprint density at radius 3 is 2.59 bits per heavy atom. The van der Waals surface area contributed by atoms with Gasteiger partial charge in [-0.3, -0.25) is 0 Å². The Labute approximate surface area is 133 Å². The van der Waals surface area contributed by atoms with Gasteiger partial charge in [0.2, 0.25) is 10.0 Å². The molecule has 0 aromatic heterocycles. The molecule has 1 saturated heterocycles. The maximum Gasteiger partial charge on any atom is 0.240 e. The van der Waals surface area contributed by atoms with E-state index in [1.54, 1.807) is 6.07 Å². The monoisotopic (exact) mass is 326 g/mol. The third-order valence-corrected chi connectivity index (χ3v) is 5.74. The number of hydrogen-bond donors (Lipinski definition) is 2. The highest BCUT2D eigenvalue weighted by Crippen LogP contribution is 2.16. The molecule has 0 saturated carbocycles. The fourth-order valence-electron chi connectivity index (χ4n) is 2.83. The Morgan fingerprint density at radius 2 is 1.95 bits per heavy atom. The second kappa shape index (κ2) is 7.55. The van der Waals surface area contributed by atoms with Gasteiger partial charge >= 0.3 is 0 Å². The third-order valence-electron chi connectivity index (χ3n) is 4.12. The summed E-state index contributed by atoms with van der Waals surface area (Å²) < 4.78 is 27.3. The first kappa shape index (κ1) is 17.4. The summed E-state index contributed by atoms with van der Waals surface area (Å²) in [6.07, 6.45) is 2.24. The van der Waals surface area contributed by atoms with Crippen LogP contribution in [-0.4, -0.2) is 50.7 Å². The van der Waals surface area contributed by atoms with Gasteiger partial charge in [0.15, 0.2) is 0 Å². The predicted molar refractivity (Wildman–Crippen MR) is 87.4 cm³/mol. The van der Waals surface area contributed by atoms with Crippen LogP contribution in [0.25, 0.3) is 0 Å². The van der Waals surface area contributed by atoms with E-state index in [2.05, 4.69) is 9.62 Å². The van der Waals surface area contributed by atoms with Crippen molar-refractivity contribution in [1.29, 1.82) is 0 Å². The third kappa shape index (κ3) is 4.78. The van der Waals surface area contributed by atoms with Gasteiger partial charge in [-0.1, -0.05) is 17.7 Å². The van der Waals surface area contributed by atoms with Crippen LogP contribution < -0.4 is 4.72 Å². The first-order valence-corrected chi connectivity index (χ1v) is 9.34. The second-order valence-corrected chi connectivity index (χ2v) is 7.83. The fraction of sp³-hybridized carbons (Fsp3) is 0.625. The van der Waals surface area contributed by atoms with Crippen molar-refractivity contribution in [3.05, 3.63) is 29.3 Å². The van der Waals surface area contributed by atoms with Gasteiger partial charge in [0.1, 0.15) is 0 Å².